The first kappa shape index (κ1) is 14.7. The van der Waals surface area contributed by atoms with Crippen molar-refractivity contribution in [3.63, 3.8) is 0 Å². The summed E-state index contributed by atoms with van der Waals surface area (Å²) in [7, 11) is 0. The molecule has 1 heteroatoms. The molecule has 0 heterocycles. The molecule has 1 saturated carbocycles. The Bertz CT molecular complexity index is 594. The van der Waals surface area contributed by atoms with E-state index >= 15 is 0 Å². The first-order valence-corrected chi connectivity index (χ1v) is 8.31. The van der Waals surface area contributed by atoms with Crippen molar-refractivity contribution in [1.29, 1.82) is 0 Å². The summed E-state index contributed by atoms with van der Waals surface area (Å²) in [5, 5.41) is 10.4. The van der Waals surface area contributed by atoms with Crippen LogP contribution in [0.5, 0.6) is 5.75 Å². The van der Waals surface area contributed by atoms with Crippen molar-refractivity contribution >= 4 is 6.08 Å². The van der Waals surface area contributed by atoms with Crippen LogP contribution in [-0.2, 0) is 5.41 Å². The Morgan fingerprint density at radius 3 is 2.52 bits per heavy atom. The van der Waals surface area contributed by atoms with Crippen molar-refractivity contribution in [3.8, 4) is 5.75 Å². The van der Waals surface area contributed by atoms with E-state index < -0.39 is 0 Å². The highest BCUT2D eigenvalue weighted by Gasteiger charge is 2.48. The molecule has 2 aliphatic rings. The van der Waals surface area contributed by atoms with Gasteiger partial charge in [-0.1, -0.05) is 53.2 Å². The van der Waals surface area contributed by atoms with E-state index in [2.05, 4.69) is 58.9 Å². The molecule has 0 aromatic heterocycles. The largest absolute Gasteiger partial charge is 0.508 e. The molecule has 21 heavy (non-hydrogen) atoms. The van der Waals surface area contributed by atoms with E-state index in [1.165, 1.54) is 30.4 Å². The lowest BCUT2D eigenvalue weighted by molar-refractivity contribution is 0.0908. The molecule has 114 valence electrons. The second kappa shape index (κ2) is 4.63. The van der Waals surface area contributed by atoms with Gasteiger partial charge in [0, 0.05) is 0 Å². The highest BCUT2D eigenvalue weighted by atomic mass is 16.3. The van der Waals surface area contributed by atoms with Crippen LogP contribution in [0.1, 0.15) is 76.5 Å². The summed E-state index contributed by atoms with van der Waals surface area (Å²) in [6.07, 6.45) is 8.52. The SMILES string of the molecule is CC(C)c1cc2c(cc1O)[C@@]1(C)CCCC(C)(C)C1C=C2. The number of hydrogen-bond acceptors (Lipinski definition) is 1. The minimum absolute atomic E-state index is 0.165. The highest BCUT2D eigenvalue weighted by Crippen LogP contribution is 2.56. The third-order valence-corrected chi connectivity index (χ3v) is 5.95. The zero-order chi connectivity index (χ0) is 15.4. The molecule has 1 unspecified atom stereocenters. The predicted molar refractivity (Wildman–Crippen MR) is 89.7 cm³/mol. The van der Waals surface area contributed by atoms with Gasteiger partial charge in [0.15, 0.2) is 0 Å². The molecule has 0 amide bonds. The molecule has 2 aliphatic carbocycles. The summed E-state index contributed by atoms with van der Waals surface area (Å²) in [5.41, 5.74) is 4.24. The van der Waals surface area contributed by atoms with Crippen molar-refractivity contribution in [2.45, 2.75) is 65.2 Å². The standard InChI is InChI=1S/C20H28O/c1-13(2)15-11-14-7-8-18-19(3,4)9-6-10-20(18,5)16(14)12-17(15)21/h7-8,11-13,18,21H,6,9-10H2,1-5H3/t18?,20-/m1/s1. The van der Waals surface area contributed by atoms with Crippen LogP contribution < -0.4 is 0 Å². The maximum Gasteiger partial charge on any atom is 0.119 e. The van der Waals surface area contributed by atoms with Crippen molar-refractivity contribution in [2.75, 3.05) is 0 Å². The highest BCUT2D eigenvalue weighted by molar-refractivity contribution is 5.64. The average molecular weight is 284 g/mol. The summed E-state index contributed by atoms with van der Waals surface area (Å²) < 4.78 is 0. The predicted octanol–water partition coefficient (Wildman–Crippen LogP) is 5.63. The van der Waals surface area contributed by atoms with Crippen LogP contribution >= 0.6 is 0 Å². The zero-order valence-corrected chi connectivity index (χ0v) is 14.0. The van der Waals surface area contributed by atoms with Crippen LogP contribution in [0.15, 0.2) is 18.2 Å². The Morgan fingerprint density at radius 1 is 1.14 bits per heavy atom. The van der Waals surface area contributed by atoms with Crippen LogP contribution in [0.3, 0.4) is 0 Å². The minimum atomic E-state index is 0.165. The van der Waals surface area contributed by atoms with Crippen molar-refractivity contribution < 1.29 is 5.11 Å². The Balaban J connectivity index is 2.16. The zero-order valence-electron chi connectivity index (χ0n) is 14.0. The number of phenolic OH excluding ortho intramolecular Hbond substituents is 1. The van der Waals surface area contributed by atoms with Gasteiger partial charge in [-0.15, -0.1) is 0 Å². The van der Waals surface area contributed by atoms with Crippen molar-refractivity contribution in [3.05, 3.63) is 34.9 Å². The number of aromatic hydroxyl groups is 1. The monoisotopic (exact) mass is 284 g/mol. The molecule has 2 atom stereocenters. The molecular formula is C20H28O. The third kappa shape index (κ3) is 2.13. The quantitative estimate of drug-likeness (QED) is 0.709. The van der Waals surface area contributed by atoms with E-state index in [0.717, 1.165) is 5.56 Å². The first-order chi connectivity index (χ1) is 9.75. The molecule has 0 bridgehead atoms. The van der Waals surface area contributed by atoms with Gasteiger partial charge in [-0.25, -0.2) is 0 Å². The Hall–Kier alpha value is -1.24. The van der Waals surface area contributed by atoms with Gasteiger partial charge in [-0.2, -0.15) is 0 Å². The van der Waals surface area contributed by atoms with Gasteiger partial charge in [0.1, 0.15) is 5.75 Å². The van der Waals surface area contributed by atoms with E-state index in [-0.39, 0.29) is 5.41 Å². The molecule has 3 rings (SSSR count). The number of allylic oxidation sites excluding steroid dienone is 1. The Kier molecular flexibility index (Phi) is 3.24. The fraction of sp³-hybridized carbons (Fsp3) is 0.600. The van der Waals surface area contributed by atoms with Crippen LogP contribution in [0, 0.1) is 11.3 Å². The summed E-state index contributed by atoms with van der Waals surface area (Å²) >= 11 is 0. The number of rotatable bonds is 1. The fourth-order valence-electron chi connectivity index (χ4n) is 4.78. The van der Waals surface area contributed by atoms with Gasteiger partial charge >= 0.3 is 0 Å². The maximum atomic E-state index is 10.4. The summed E-state index contributed by atoms with van der Waals surface area (Å²) in [6.45, 7) is 11.5. The third-order valence-electron chi connectivity index (χ3n) is 5.95. The molecular weight excluding hydrogens is 256 g/mol. The first-order valence-electron chi connectivity index (χ1n) is 8.31. The second-order valence-electron chi connectivity index (χ2n) is 8.25. The van der Waals surface area contributed by atoms with Crippen molar-refractivity contribution in [1.82, 2.24) is 0 Å². The van der Waals surface area contributed by atoms with Crippen LogP contribution in [-0.4, -0.2) is 5.11 Å². The maximum absolute atomic E-state index is 10.4. The van der Waals surface area contributed by atoms with Gasteiger partial charge in [0.25, 0.3) is 0 Å². The van der Waals surface area contributed by atoms with Gasteiger partial charge in [0.05, 0.1) is 0 Å². The summed E-state index contributed by atoms with van der Waals surface area (Å²) in [4.78, 5) is 0. The van der Waals surface area contributed by atoms with Crippen LogP contribution in [0.4, 0.5) is 0 Å². The van der Waals surface area contributed by atoms with E-state index in [1.54, 1.807) is 0 Å². The molecule has 0 radical (unpaired) electrons. The van der Waals surface area contributed by atoms with Crippen LogP contribution in [0.2, 0.25) is 0 Å². The Morgan fingerprint density at radius 2 is 1.86 bits per heavy atom. The van der Waals surface area contributed by atoms with Gasteiger partial charge in [-0.3, -0.25) is 0 Å². The topological polar surface area (TPSA) is 20.2 Å². The van der Waals surface area contributed by atoms with Gasteiger partial charge in [-0.05, 0) is 64.3 Å². The molecule has 1 aromatic carbocycles. The molecule has 0 spiro atoms. The smallest absolute Gasteiger partial charge is 0.119 e. The van der Waals surface area contributed by atoms with Crippen molar-refractivity contribution in [2.24, 2.45) is 11.3 Å². The van der Waals surface area contributed by atoms with Gasteiger partial charge in [0.2, 0.25) is 0 Å². The number of fused-ring (bicyclic) bond motifs is 3. The minimum Gasteiger partial charge on any atom is -0.508 e. The van der Waals surface area contributed by atoms with E-state index in [0.29, 0.717) is 23.0 Å². The lowest BCUT2D eigenvalue weighted by Gasteiger charge is -2.52. The van der Waals surface area contributed by atoms with E-state index in [9.17, 15) is 5.11 Å². The number of benzene rings is 1. The van der Waals surface area contributed by atoms with Gasteiger partial charge < -0.3 is 5.11 Å². The van der Waals surface area contributed by atoms with Crippen LogP contribution in [0.25, 0.3) is 6.08 Å². The second-order valence-corrected chi connectivity index (χ2v) is 8.25. The Labute approximate surface area is 129 Å². The normalized spacial score (nSPS) is 30.1. The molecule has 1 nitrogen and oxygen atoms in total. The van der Waals surface area contributed by atoms with E-state index in [1.807, 2.05) is 0 Å². The lowest BCUT2D eigenvalue weighted by atomic mass is 9.52. The summed E-state index contributed by atoms with van der Waals surface area (Å²) in [5.74, 6) is 1.40. The lowest BCUT2D eigenvalue weighted by Crippen LogP contribution is -2.45. The number of phenols is 1. The molecule has 1 N–H and O–H groups in total. The molecule has 0 aliphatic heterocycles. The fourth-order valence-corrected chi connectivity index (χ4v) is 4.78. The average Bonchev–Trinajstić information content (AvgIpc) is 2.37. The van der Waals surface area contributed by atoms with E-state index in [4.69, 9.17) is 0 Å². The summed E-state index contributed by atoms with van der Waals surface area (Å²) in [6, 6.07) is 4.26. The molecule has 0 saturated heterocycles. The molecule has 1 aromatic rings. The molecule has 1 fully saturated rings. The number of hydrogen-bond donors (Lipinski definition) is 1.